The molecule has 0 aliphatic carbocycles. The van der Waals surface area contributed by atoms with E-state index < -0.39 is 0 Å². The van der Waals surface area contributed by atoms with Crippen LogP contribution in [0.25, 0.3) is 6.08 Å². The highest BCUT2D eigenvalue weighted by Crippen LogP contribution is 2.28. The third kappa shape index (κ3) is 5.28. The molecular weight excluding hydrogens is 419 g/mol. The molecule has 122 valence electrons. The number of amides is 1. The number of nitrogens with one attached hydrogen (secondary N) is 1. The second-order valence-corrected chi connectivity index (χ2v) is 5.93. The van der Waals surface area contributed by atoms with Crippen molar-refractivity contribution in [3.05, 3.63) is 57.7 Å². The smallest absolute Gasteiger partial charge is 0.248 e. The molecule has 0 saturated carbocycles. The third-order valence-electron chi connectivity index (χ3n) is 3.02. The van der Waals surface area contributed by atoms with Gasteiger partial charge in [-0.1, -0.05) is 6.07 Å². The van der Waals surface area contributed by atoms with E-state index in [1.165, 1.54) is 13.2 Å². The fraction of sp³-hybridized carbons (Fsp3) is 0.111. The number of carbonyl (C=O) groups is 1. The minimum Gasteiger partial charge on any atom is -0.493 e. The molecule has 0 saturated heterocycles. The molecule has 0 aliphatic rings. The normalized spacial score (nSPS) is 10.2. The average Bonchev–Trinajstić information content (AvgIpc) is 2.60. The SMILES string of the molecule is COc1cc(/C=C\C(=O)Nc2ccc(I)cc2)ccc1OCC#N. The molecule has 0 heterocycles. The third-order valence-corrected chi connectivity index (χ3v) is 3.74. The van der Waals surface area contributed by atoms with Gasteiger partial charge in [0.25, 0.3) is 0 Å². The van der Waals surface area contributed by atoms with Crippen molar-refractivity contribution in [3.8, 4) is 17.6 Å². The van der Waals surface area contributed by atoms with Crippen molar-refractivity contribution in [2.24, 2.45) is 0 Å². The molecule has 6 heteroatoms. The molecule has 5 nitrogen and oxygen atoms in total. The van der Waals surface area contributed by atoms with Gasteiger partial charge >= 0.3 is 0 Å². The van der Waals surface area contributed by atoms with E-state index in [9.17, 15) is 4.79 Å². The maximum absolute atomic E-state index is 11.9. The average molecular weight is 434 g/mol. The maximum Gasteiger partial charge on any atom is 0.248 e. The van der Waals surface area contributed by atoms with E-state index in [0.717, 1.165) is 14.8 Å². The quantitative estimate of drug-likeness (QED) is 0.554. The Kier molecular flexibility index (Phi) is 6.63. The van der Waals surface area contributed by atoms with Crippen LogP contribution in [-0.4, -0.2) is 19.6 Å². The molecular formula is C18H15IN2O3. The number of nitriles is 1. The predicted octanol–water partition coefficient (Wildman–Crippen LogP) is 3.85. The monoisotopic (exact) mass is 434 g/mol. The van der Waals surface area contributed by atoms with Crippen molar-refractivity contribution in [1.82, 2.24) is 0 Å². The van der Waals surface area contributed by atoms with Crippen LogP contribution in [0, 0.1) is 14.9 Å². The first-order valence-electron chi connectivity index (χ1n) is 7.05. The molecule has 2 rings (SSSR count). The first-order chi connectivity index (χ1) is 11.6. The summed E-state index contributed by atoms with van der Waals surface area (Å²) in [6, 6.07) is 14.7. The van der Waals surface area contributed by atoms with Gasteiger partial charge in [0.1, 0.15) is 6.07 Å². The van der Waals surface area contributed by atoms with Crippen molar-refractivity contribution in [3.63, 3.8) is 0 Å². The van der Waals surface area contributed by atoms with E-state index in [1.54, 1.807) is 24.3 Å². The number of hydrogen-bond donors (Lipinski definition) is 1. The van der Waals surface area contributed by atoms with Crippen molar-refractivity contribution in [1.29, 1.82) is 5.26 Å². The summed E-state index contributed by atoms with van der Waals surface area (Å²) < 4.78 is 11.6. The van der Waals surface area contributed by atoms with Crippen molar-refractivity contribution in [2.75, 3.05) is 19.0 Å². The number of rotatable bonds is 6. The highest BCUT2D eigenvalue weighted by atomic mass is 127. The molecule has 0 aliphatic heterocycles. The standard InChI is InChI=1S/C18H15IN2O3/c1-23-17-12-13(2-8-16(17)24-11-10-20)3-9-18(22)21-15-6-4-14(19)5-7-15/h2-9,12H,11H2,1H3,(H,21,22)/b9-3-. The number of nitrogens with zero attached hydrogens (tertiary/aromatic N) is 1. The molecule has 0 spiro atoms. The second kappa shape index (κ2) is 8.93. The van der Waals surface area contributed by atoms with E-state index in [2.05, 4.69) is 27.9 Å². The zero-order valence-electron chi connectivity index (χ0n) is 13.0. The topological polar surface area (TPSA) is 71.3 Å². The van der Waals surface area contributed by atoms with Gasteiger partial charge in [-0.25, -0.2) is 0 Å². The Morgan fingerprint density at radius 1 is 1.25 bits per heavy atom. The van der Waals surface area contributed by atoms with Gasteiger partial charge in [-0.3, -0.25) is 4.79 Å². The van der Waals surface area contributed by atoms with E-state index in [1.807, 2.05) is 30.3 Å². The van der Waals surface area contributed by atoms with Crippen LogP contribution in [-0.2, 0) is 4.79 Å². The lowest BCUT2D eigenvalue weighted by molar-refractivity contribution is -0.111. The summed E-state index contributed by atoms with van der Waals surface area (Å²) in [5.41, 5.74) is 1.52. The van der Waals surface area contributed by atoms with E-state index >= 15 is 0 Å². The zero-order valence-corrected chi connectivity index (χ0v) is 15.1. The summed E-state index contributed by atoms with van der Waals surface area (Å²) in [6.45, 7) is -0.0516. The lowest BCUT2D eigenvalue weighted by atomic mass is 10.2. The van der Waals surface area contributed by atoms with Crippen LogP contribution < -0.4 is 14.8 Å². The lowest BCUT2D eigenvalue weighted by Gasteiger charge is -2.08. The van der Waals surface area contributed by atoms with E-state index in [0.29, 0.717) is 11.5 Å². The van der Waals surface area contributed by atoms with Crippen LogP contribution >= 0.6 is 22.6 Å². The van der Waals surface area contributed by atoms with Gasteiger partial charge in [-0.15, -0.1) is 0 Å². The van der Waals surface area contributed by atoms with Gasteiger partial charge in [-0.05, 0) is 70.6 Å². The number of halogens is 1. The zero-order chi connectivity index (χ0) is 17.4. The first-order valence-corrected chi connectivity index (χ1v) is 8.12. The molecule has 0 fully saturated rings. The largest absolute Gasteiger partial charge is 0.493 e. The van der Waals surface area contributed by atoms with Crippen molar-refractivity contribution < 1.29 is 14.3 Å². The van der Waals surface area contributed by atoms with E-state index in [4.69, 9.17) is 14.7 Å². The summed E-state index contributed by atoms with van der Waals surface area (Å²) in [4.78, 5) is 11.9. The minimum absolute atomic E-state index is 0.0516. The molecule has 0 aromatic heterocycles. The number of carbonyl (C=O) groups excluding carboxylic acids is 1. The summed E-state index contributed by atoms with van der Waals surface area (Å²) >= 11 is 2.21. The van der Waals surface area contributed by atoms with Gasteiger partial charge in [-0.2, -0.15) is 5.26 Å². The van der Waals surface area contributed by atoms with Gasteiger partial charge < -0.3 is 14.8 Å². The predicted molar refractivity (Wildman–Crippen MR) is 101 cm³/mol. The Labute approximate surface area is 154 Å². The fourth-order valence-corrected chi connectivity index (χ4v) is 2.27. The molecule has 1 N–H and O–H groups in total. The first kappa shape index (κ1) is 17.8. The van der Waals surface area contributed by atoms with Gasteiger partial charge in [0.15, 0.2) is 18.1 Å². The van der Waals surface area contributed by atoms with Crippen LogP contribution in [0.2, 0.25) is 0 Å². The Hall–Kier alpha value is -2.53. The summed E-state index contributed by atoms with van der Waals surface area (Å²) in [6.07, 6.45) is 3.13. The molecule has 1 amide bonds. The van der Waals surface area contributed by atoms with Crippen LogP contribution in [0.4, 0.5) is 5.69 Å². The number of ether oxygens (including phenoxy) is 2. The molecule has 2 aromatic rings. The number of anilines is 1. The summed E-state index contributed by atoms with van der Waals surface area (Å²) in [5, 5.41) is 11.3. The van der Waals surface area contributed by atoms with Crippen molar-refractivity contribution >= 4 is 40.3 Å². The second-order valence-electron chi connectivity index (χ2n) is 4.69. The molecule has 0 bridgehead atoms. The highest BCUT2D eigenvalue weighted by Gasteiger charge is 2.05. The van der Waals surface area contributed by atoms with Crippen LogP contribution in [0.5, 0.6) is 11.5 Å². The Balaban J connectivity index is 2.03. The lowest BCUT2D eigenvalue weighted by Crippen LogP contribution is -2.07. The van der Waals surface area contributed by atoms with Crippen LogP contribution in [0.1, 0.15) is 5.56 Å². The van der Waals surface area contributed by atoms with Gasteiger partial charge in [0.05, 0.1) is 7.11 Å². The van der Waals surface area contributed by atoms with Crippen LogP contribution in [0.3, 0.4) is 0 Å². The van der Waals surface area contributed by atoms with Gasteiger partial charge in [0.2, 0.25) is 5.91 Å². The number of methoxy groups -OCH3 is 1. The van der Waals surface area contributed by atoms with E-state index in [-0.39, 0.29) is 12.5 Å². The summed E-state index contributed by atoms with van der Waals surface area (Å²) in [5.74, 6) is 0.768. The highest BCUT2D eigenvalue weighted by molar-refractivity contribution is 14.1. The minimum atomic E-state index is -0.222. The number of hydrogen-bond acceptors (Lipinski definition) is 4. The Morgan fingerprint density at radius 3 is 2.67 bits per heavy atom. The van der Waals surface area contributed by atoms with Gasteiger partial charge in [0, 0.05) is 15.3 Å². The molecule has 0 atom stereocenters. The number of benzene rings is 2. The molecule has 24 heavy (non-hydrogen) atoms. The Bertz CT molecular complexity index is 780. The molecule has 0 radical (unpaired) electrons. The van der Waals surface area contributed by atoms with Crippen molar-refractivity contribution in [2.45, 2.75) is 0 Å². The maximum atomic E-state index is 11.9. The molecule has 2 aromatic carbocycles. The summed E-state index contributed by atoms with van der Waals surface area (Å²) in [7, 11) is 1.52. The van der Waals surface area contributed by atoms with Crippen LogP contribution in [0.15, 0.2) is 48.5 Å². The fourth-order valence-electron chi connectivity index (χ4n) is 1.91. The molecule has 0 unspecified atom stereocenters. The Morgan fingerprint density at radius 2 is 2.00 bits per heavy atom.